The topological polar surface area (TPSA) is 45.2 Å². The monoisotopic (exact) mass is 263 g/mol. The number of carbonyl (C=O) groups excluding carboxylic acids is 1. The summed E-state index contributed by atoms with van der Waals surface area (Å²) < 4.78 is 0. The van der Waals surface area contributed by atoms with Crippen molar-refractivity contribution in [3.05, 3.63) is 23.4 Å². The van der Waals surface area contributed by atoms with E-state index in [1.807, 2.05) is 26.1 Å². The highest BCUT2D eigenvalue weighted by Crippen LogP contribution is 2.12. The highest BCUT2D eigenvalue weighted by molar-refractivity contribution is 5.94. The summed E-state index contributed by atoms with van der Waals surface area (Å²) in [7, 11) is 1.85. The zero-order chi connectivity index (χ0) is 14.3. The molecule has 0 saturated carbocycles. The predicted octanol–water partition coefficient (Wildman–Crippen LogP) is 3.08. The Kier molecular flexibility index (Phi) is 6.33. The van der Waals surface area contributed by atoms with E-state index >= 15 is 0 Å². The van der Waals surface area contributed by atoms with Crippen molar-refractivity contribution in [1.82, 2.24) is 9.88 Å². The maximum Gasteiger partial charge on any atom is 0.253 e. The fraction of sp³-hybridized carbons (Fsp3) is 0.600. The molecule has 1 N–H and O–H groups in total. The Balaban J connectivity index is 2.81. The second-order valence-electron chi connectivity index (χ2n) is 4.89. The Morgan fingerprint density at radius 2 is 2.05 bits per heavy atom. The molecule has 0 unspecified atom stereocenters. The van der Waals surface area contributed by atoms with Gasteiger partial charge in [-0.25, -0.2) is 4.98 Å². The minimum atomic E-state index is 0.0681. The maximum atomic E-state index is 12.3. The maximum absolute atomic E-state index is 12.3. The molecule has 1 aromatic heterocycles. The van der Waals surface area contributed by atoms with E-state index < -0.39 is 0 Å². The van der Waals surface area contributed by atoms with Crippen LogP contribution in [0.4, 0.5) is 5.82 Å². The van der Waals surface area contributed by atoms with Crippen molar-refractivity contribution in [3.8, 4) is 0 Å². The third kappa shape index (κ3) is 4.89. The summed E-state index contributed by atoms with van der Waals surface area (Å²) in [5.74, 6) is 0.854. The lowest BCUT2D eigenvalue weighted by Gasteiger charge is -2.17. The van der Waals surface area contributed by atoms with Gasteiger partial charge < -0.3 is 10.2 Å². The van der Waals surface area contributed by atoms with Gasteiger partial charge in [-0.3, -0.25) is 4.79 Å². The van der Waals surface area contributed by atoms with E-state index in [1.54, 1.807) is 4.90 Å². The molecule has 0 fully saturated rings. The van der Waals surface area contributed by atoms with E-state index in [-0.39, 0.29) is 5.91 Å². The van der Waals surface area contributed by atoms with Crippen molar-refractivity contribution in [2.45, 2.75) is 40.0 Å². The van der Waals surface area contributed by atoms with Crippen molar-refractivity contribution >= 4 is 11.7 Å². The molecule has 1 heterocycles. The van der Waals surface area contributed by atoms with E-state index in [9.17, 15) is 4.79 Å². The van der Waals surface area contributed by atoms with Crippen LogP contribution >= 0.6 is 0 Å². The third-order valence-corrected chi connectivity index (χ3v) is 2.95. The van der Waals surface area contributed by atoms with Crippen molar-refractivity contribution < 1.29 is 4.79 Å². The molecule has 0 radical (unpaired) electrons. The van der Waals surface area contributed by atoms with E-state index in [0.717, 1.165) is 43.9 Å². The standard InChI is InChI=1S/C15H25N3O/c1-5-7-9-18(4)15(19)13-10-12(3)17-14(11-13)16-8-6-2/h10-11H,5-9H2,1-4H3,(H,16,17). The van der Waals surface area contributed by atoms with E-state index in [2.05, 4.69) is 24.1 Å². The lowest BCUT2D eigenvalue weighted by molar-refractivity contribution is 0.0793. The summed E-state index contributed by atoms with van der Waals surface area (Å²) in [5.41, 5.74) is 1.58. The SMILES string of the molecule is CCCCN(C)C(=O)c1cc(C)nc(NCCC)c1. The van der Waals surface area contributed by atoms with Gasteiger partial charge in [-0.2, -0.15) is 0 Å². The van der Waals surface area contributed by atoms with Crippen molar-refractivity contribution in [2.75, 3.05) is 25.5 Å². The van der Waals surface area contributed by atoms with Gasteiger partial charge in [-0.05, 0) is 31.9 Å². The summed E-state index contributed by atoms with van der Waals surface area (Å²) in [5, 5.41) is 3.23. The molecule has 106 valence electrons. The Labute approximate surface area is 116 Å². The zero-order valence-corrected chi connectivity index (χ0v) is 12.5. The number of rotatable bonds is 7. The van der Waals surface area contributed by atoms with Gasteiger partial charge in [0.15, 0.2) is 0 Å². The van der Waals surface area contributed by atoms with Crippen LogP contribution in [0.15, 0.2) is 12.1 Å². The quantitative estimate of drug-likeness (QED) is 0.822. The highest BCUT2D eigenvalue weighted by Gasteiger charge is 2.12. The van der Waals surface area contributed by atoms with Gasteiger partial charge in [0.2, 0.25) is 0 Å². The molecule has 0 bridgehead atoms. The van der Waals surface area contributed by atoms with Crippen LogP contribution in [0.2, 0.25) is 0 Å². The number of hydrogen-bond donors (Lipinski definition) is 1. The summed E-state index contributed by atoms with van der Waals surface area (Å²) in [6, 6.07) is 3.69. The normalized spacial score (nSPS) is 10.3. The second-order valence-corrected chi connectivity index (χ2v) is 4.89. The molecule has 19 heavy (non-hydrogen) atoms. The number of nitrogens with one attached hydrogen (secondary N) is 1. The van der Waals surface area contributed by atoms with E-state index in [4.69, 9.17) is 0 Å². The minimum Gasteiger partial charge on any atom is -0.370 e. The molecule has 4 heteroatoms. The number of hydrogen-bond acceptors (Lipinski definition) is 3. The molecule has 0 saturated heterocycles. The molecule has 4 nitrogen and oxygen atoms in total. The molecule has 0 aliphatic rings. The summed E-state index contributed by atoms with van der Waals surface area (Å²) in [6.07, 6.45) is 3.17. The summed E-state index contributed by atoms with van der Waals surface area (Å²) in [4.78, 5) is 18.5. The largest absolute Gasteiger partial charge is 0.370 e. The number of amides is 1. The Bertz CT molecular complexity index is 418. The van der Waals surface area contributed by atoms with Crippen LogP contribution in [0.5, 0.6) is 0 Å². The van der Waals surface area contributed by atoms with Crippen LogP contribution in [-0.2, 0) is 0 Å². The molecule has 0 aliphatic carbocycles. The average molecular weight is 263 g/mol. The highest BCUT2D eigenvalue weighted by atomic mass is 16.2. The lowest BCUT2D eigenvalue weighted by atomic mass is 10.2. The van der Waals surface area contributed by atoms with E-state index in [1.165, 1.54) is 0 Å². The number of aromatic nitrogens is 1. The third-order valence-electron chi connectivity index (χ3n) is 2.95. The molecule has 0 atom stereocenters. The lowest BCUT2D eigenvalue weighted by Crippen LogP contribution is -2.28. The number of anilines is 1. The van der Waals surface area contributed by atoms with Crippen LogP contribution in [0, 0.1) is 6.92 Å². The molecule has 0 spiro atoms. The van der Waals surface area contributed by atoms with Crippen LogP contribution in [0.25, 0.3) is 0 Å². The van der Waals surface area contributed by atoms with Gasteiger partial charge in [-0.15, -0.1) is 0 Å². The summed E-state index contributed by atoms with van der Waals surface area (Å²) in [6.45, 7) is 7.82. The van der Waals surface area contributed by atoms with Crippen LogP contribution in [0.1, 0.15) is 49.2 Å². The molecular formula is C15H25N3O. The van der Waals surface area contributed by atoms with Gasteiger partial charge in [0.05, 0.1) is 0 Å². The Hall–Kier alpha value is -1.58. The molecule has 0 aliphatic heterocycles. The number of unbranched alkanes of at least 4 members (excludes halogenated alkanes) is 1. The van der Waals surface area contributed by atoms with Gasteiger partial charge in [0, 0.05) is 31.4 Å². The second kappa shape index (κ2) is 7.77. The number of aryl methyl sites for hydroxylation is 1. The summed E-state index contributed by atoms with van der Waals surface area (Å²) >= 11 is 0. The van der Waals surface area contributed by atoms with Gasteiger partial charge in [0.1, 0.15) is 5.82 Å². The first-order valence-corrected chi connectivity index (χ1v) is 7.06. The molecule has 0 aromatic carbocycles. The molecule has 1 aromatic rings. The van der Waals surface area contributed by atoms with Crippen molar-refractivity contribution in [1.29, 1.82) is 0 Å². The van der Waals surface area contributed by atoms with Crippen LogP contribution < -0.4 is 5.32 Å². The Morgan fingerprint density at radius 3 is 2.68 bits per heavy atom. The van der Waals surface area contributed by atoms with Gasteiger partial charge in [0.25, 0.3) is 5.91 Å². The fourth-order valence-corrected chi connectivity index (χ4v) is 1.85. The molecule has 1 amide bonds. The smallest absolute Gasteiger partial charge is 0.253 e. The number of nitrogens with zero attached hydrogens (tertiary/aromatic N) is 2. The number of pyridine rings is 1. The van der Waals surface area contributed by atoms with Crippen LogP contribution in [0.3, 0.4) is 0 Å². The first-order valence-electron chi connectivity index (χ1n) is 7.06. The Morgan fingerprint density at radius 1 is 1.32 bits per heavy atom. The van der Waals surface area contributed by atoms with E-state index in [0.29, 0.717) is 5.56 Å². The predicted molar refractivity (Wildman–Crippen MR) is 79.6 cm³/mol. The number of carbonyl (C=O) groups is 1. The first kappa shape index (κ1) is 15.5. The van der Waals surface area contributed by atoms with Gasteiger partial charge >= 0.3 is 0 Å². The first-order chi connectivity index (χ1) is 9.08. The van der Waals surface area contributed by atoms with Crippen molar-refractivity contribution in [3.63, 3.8) is 0 Å². The zero-order valence-electron chi connectivity index (χ0n) is 12.5. The fourth-order valence-electron chi connectivity index (χ4n) is 1.85. The molecule has 1 rings (SSSR count). The molecular weight excluding hydrogens is 238 g/mol. The van der Waals surface area contributed by atoms with Crippen LogP contribution in [-0.4, -0.2) is 35.9 Å². The average Bonchev–Trinajstić information content (AvgIpc) is 2.41. The van der Waals surface area contributed by atoms with Crippen molar-refractivity contribution in [2.24, 2.45) is 0 Å². The van der Waals surface area contributed by atoms with Gasteiger partial charge in [-0.1, -0.05) is 20.3 Å². The minimum absolute atomic E-state index is 0.0681.